The summed E-state index contributed by atoms with van der Waals surface area (Å²) in [5.41, 5.74) is 9.47. The molecule has 0 amide bonds. The number of rotatable bonds is 2. The summed E-state index contributed by atoms with van der Waals surface area (Å²) >= 11 is 0. The van der Waals surface area contributed by atoms with Gasteiger partial charge in [0.15, 0.2) is 0 Å². The van der Waals surface area contributed by atoms with Crippen molar-refractivity contribution in [3.05, 3.63) is 48.9 Å². The van der Waals surface area contributed by atoms with Crippen molar-refractivity contribution in [2.24, 2.45) is 7.05 Å². The summed E-state index contributed by atoms with van der Waals surface area (Å²) in [4.78, 5) is 17.4. The lowest BCUT2D eigenvalue weighted by Gasteiger charge is -2.08. The van der Waals surface area contributed by atoms with Gasteiger partial charge in [-0.2, -0.15) is 0 Å². The number of benzene rings is 1. The molecule has 0 radical (unpaired) electrons. The summed E-state index contributed by atoms with van der Waals surface area (Å²) < 4.78 is 3.74. The lowest BCUT2D eigenvalue weighted by Crippen LogP contribution is -1.98. The number of nitrogens with two attached hydrogens (primary N) is 1. The molecule has 0 bridgehead atoms. The van der Waals surface area contributed by atoms with Gasteiger partial charge in [-0.05, 0) is 30.3 Å². The zero-order chi connectivity index (χ0) is 18.7. The number of nitrogen functional groups attached to an aromatic ring is 1. The molecule has 0 unspecified atom stereocenters. The number of anilines is 1. The third kappa shape index (κ3) is 3.51. The van der Waals surface area contributed by atoms with Crippen LogP contribution in [0.2, 0.25) is 0 Å². The molecular weight excluding hydrogens is 334 g/mol. The highest BCUT2D eigenvalue weighted by Crippen LogP contribution is 2.24. The van der Waals surface area contributed by atoms with Crippen molar-refractivity contribution < 1.29 is 9.90 Å². The minimum atomic E-state index is -0.833. The lowest BCUT2D eigenvalue weighted by atomic mass is 10.2. The number of carbonyl (C=O) groups is 1. The highest BCUT2D eigenvalue weighted by atomic mass is 16.4. The van der Waals surface area contributed by atoms with E-state index in [1.54, 1.807) is 23.1 Å². The van der Waals surface area contributed by atoms with Gasteiger partial charge in [0.1, 0.15) is 17.2 Å². The average Bonchev–Trinajstić information content (AvgIpc) is 3.21. The summed E-state index contributed by atoms with van der Waals surface area (Å²) in [5.74, 6) is 0.439. The van der Waals surface area contributed by atoms with Crippen LogP contribution in [0.5, 0.6) is 0 Å². The topological polar surface area (TPSA) is 125 Å². The standard InChI is InChI=1S/C15H13N7.C2H4O2/c1-21-13-3-2-11(9-12(13)19-20-21)22-7-6-18-15(22)10-4-5-17-14(16)8-10;1-2(3)4/h2-9H,1H3,(H2,16,17);1H3,(H,3,4). The predicted molar refractivity (Wildman–Crippen MR) is 96.6 cm³/mol. The number of nitrogens with zero attached hydrogens (tertiary/aromatic N) is 6. The molecule has 4 aromatic rings. The quantitative estimate of drug-likeness (QED) is 0.565. The van der Waals surface area contributed by atoms with E-state index < -0.39 is 5.97 Å². The van der Waals surface area contributed by atoms with Gasteiger partial charge in [-0.15, -0.1) is 5.10 Å². The van der Waals surface area contributed by atoms with Gasteiger partial charge in [-0.25, -0.2) is 14.6 Å². The van der Waals surface area contributed by atoms with Crippen molar-refractivity contribution in [1.29, 1.82) is 0 Å². The minimum absolute atomic E-state index is 0.469. The number of imidazole rings is 1. The number of fused-ring (bicyclic) bond motifs is 1. The Morgan fingerprint density at radius 1 is 1.15 bits per heavy atom. The second-order valence-corrected chi connectivity index (χ2v) is 5.50. The number of carboxylic acid groups (broad SMARTS) is 1. The molecule has 0 spiro atoms. The van der Waals surface area contributed by atoms with Gasteiger partial charge < -0.3 is 10.8 Å². The zero-order valence-electron chi connectivity index (χ0n) is 14.2. The van der Waals surface area contributed by atoms with Crippen LogP contribution in [-0.4, -0.2) is 40.6 Å². The number of pyridine rings is 1. The van der Waals surface area contributed by atoms with Crippen LogP contribution >= 0.6 is 0 Å². The Kier molecular flexibility index (Phi) is 4.61. The number of carboxylic acids is 1. The maximum atomic E-state index is 9.00. The van der Waals surface area contributed by atoms with Crippen molar-refractivity contribution >= 4 is 22.8 Å². The number of aliphatic carboxylic acids is 1. The van der Waals surface area contributed by atoms with Crippen molar-refractivity contribution in [2.75, 3.05) is 5.73 Å². The second kappa shape index (κ2) is 7.01. The van der Waals surface area contributed by atoms with Gasteiger partial charge in [-0.1, -0.05) is 5.21 Å². The summed E-state index contributed by atoms with van der Waals surface area (Å²) in [7, 11) is 1.87. The minimum Gasteiger partial charge on any atom is -0.481 e. The van der Waals surface area contributed by atoms with Crippen LogP contribution in [0.15, 0.2) is 48.9 Å². The Hall–Kier alpha value is -3.75. The first kappa shape index (κ1) is 17.1. The fourth-order valence-electron chi connectivity index (χ4n) is 2.49. The molecule has 3 aromatic heterocycles. The molecule has 9 nitrogen and oxygen atoms in total. The Bertz CT molecular complexity index is 1060. The molecule has 0 saturated carbocycles. The van der Waals surface area contributed by atoms with E-state index in [1.165, 1.54) is 0 Å². The van der Waals surface area contributed by atoms with Crippen LogP contribution in [0.25, 0.3) is 28.1 Å². The van der Waals surface area contributed by atoms with Gasteiger partial charge in [0.2, 0.25) is 0 Å². The number of aromatic nitrogens is 6. The summed E-state index contributed by atoms with van der Waals surface area (Å²) in [6, 6.07) is 9.69. The van der Waals surface area contributed by atoms with Gasteiger partial charge in [-0.3, -0.25) is 9.36 Å². The molecule has 0 aliphatic carbocycles. The molecule has 9 heteroatoms. The van der Waals surface area contributed by atoms with Crippen LogP contribution in [0, 0.1) is 0 Å². The third-order valence-corrected chi connectivity index (χ3v) is 3.55. The molecule has 0 fully saturated rings. The molecule has 0 aliphatic heterocycles. The number of hydrogen-bond donors (Lipinski definition) is 2. The van der Waals surface area contributed by atoms with Crippen molar-refractivity contribution in [1.82, 2.24) is 29.5 Å². The molecule has 3 N–H and O–H groups in total. The van der Waals surface area contributed by atoms with E-state index in [9.17, 15) is 0 Å². The SMILES string of the molecule is CC(=O)O.Cn1nnc2cc(-n3ccnc3-c3ccnc(N)c3)ccc21. The van der Waals surface area contributed by atoms with E-state index in [-0.39, 0.29) is 0 Å². The second-order valence-electron chi connectivity index (χ2n) is 5.50. The maximum absolute atomic E-state index is 9.00. The van der Waals surface area contributed by atoms with E-state index in [0.717, 1.165) is 35.0 Å². The van der Waals surface area contributed by atoms with E-state index in [2.05, 4.69) is 20.3 Å². The van der Waals surface area contributed by atoms with Gasteiger partial charge in [0, 0.05) is 43.8 Å². The van der Waals surface area contributed by atoms with Gasteiger partial charge in [0.05, 0.1) is 5.52 Å². The van der Waals surface area contributed by atoms with Crippen molar-refractivity contribution in [3.63, 3.8) is 0 Å². The van der Waals surface area contributed by atoms with E-state index >= 15 is 0 Å². The van der Waals surface area contributed by atoms with Crippen LogP contribution in [0.4, 0.5) is 5.82 Å². The van der Waals surface area contributed by atoms with Gasteiger partial charge in [0.25, 0.3) is 5.97 Å². The summed E-state index contributed by atoms with van der Waals surface area (Å²) in [6.45, 7) is 1.08. The molecule has 0 saturated heterocycles. The number of aryl methyl sites for hydroxylation is 1. The molecule has 3 heterocycles. The van der Waals surface area contributed by atoms with Crippen molar-refractivity contribution in [2.45, 2.75) is 6.92 Å². The Labute approximate surface area is 148 Å². The van der Waals surface area contributed by atoms with Crippen LogP contribution in [0.3, 0.4) is 0 Å². The maximum Gasteiger partial charge on any atom is 0.300 e. The molecule has 0 aliphatic rings. The monoisotopic (exact) mass is 351 g/mol. The number of hydrogen-bond acceptors (Lipinski definition) is 6. The molecule has 132 valence electrons. The first-order chi connectivity index (χ1) is 12.5. The van der Waals surface area contributed by atoms with E-state index in [0.29, 0.717) is 5.82 Å². The Morgan fingerprint density at radius 2 is 1.92 bits per heavy atom. The Morgan fingerprint density at radius 3 is 2.65 bits per heavy atom. The summed E-state index contributed by atoms with van der Waals surface area (Å²) in [5, 5.41) is 15.6. The normalized spacial score (nSPS) is 10.4. The van der Waals surface area contributed by atoms with E-state index in [1.807, 2.05) is 42.1 Å². The van der Waals surface area contributed by atoms with Crippen LogP contribution in [-0.2, 0) is 11.8 Å². The average molecular weight is 351 g/mol. The molecule has 4 rings (SSSR count). The largest absolute Gasteiger partial charge is 0.481 e. The fourth-order valence-corrected chi connectivity index (χ4v) is 2.49. The first-order valence-corrected chi connectivity index (χ1v) is 7.70. The highest BCUT2D eigenvalue weighted by Gasteiger charge is 2.10. The smallest absolute Gasteiger partial charge is 0.300 e. The zero-order valence-corrected chi connectivity index (χ0v) is 14.2. The fraction of sp³-hybridized carbons (Fsp3) is 0.118. The molecular formula is C17H17N7O2. The summed E-state index contributed by atoms with van der Waals surface area (Å²) in [6.07, 6.45) is 5.34. The third-order valence-electron chi connectivity index (χ3n) is 3.55. The predicted octanol–water partition coefficient (Wildman–Crippen LogP) is 1.89. The molecule has 26 heavy (non-hydrogen) atoms. The van der Waals surface area contributed by atoms with Crippen LogP contribution < -0.4 is 5.73 Å². The molecule has 1 aromatic carbocycles. The Balaban J connectivity index is 0.000000447. The van der Waals surface area contributed by atoms with E-state index in [4.69, 9.17) is 15.6 Å². The first-order valence-electron chi connectivity index (χ1n) is 7.70. The molecule has 0 atom stereocenters. The van der Waals surface area contributed by atoms with Crippen molar-refractivity contribution in [3.8, 4) is 17.1 Å². The van der Waals surface area contributed by atoms with Gasteiger partial charge >= 0.3 is 0 Å². The van der Waals surface area contributed by atoms with Crippen LogP contribution in [0.1, 0.15) is 6.92 Å². The highest BCUT2D eigenvalue weighted by molar-refractivity contribution is 5.77. The lowest BCUT2D eigenvalue weighted by molar-refractivity contribution is -0.134.